The lowest BCUT2D eigenvalue weighted by atomic mass is 10.4. The monoisotopic (exact) mass is 190 g/mol. The predicted molar refractivity (Wildman–Crippen MR) is 46.1 cm³/mol. The first-order valence-corrected chi connectivity index (χ1v) is 3.82. The molecule has 2 heterocycles. The standard InChI is InChI=1S/C8H6N4O2/c13-8(14)6-3-11-12(5-6)7-4-9-1-2-10-7/h1-5H,(H,13,14). The van der Waals surface area contributed by atoms with E-state index in [1.54, 1.807) is 0 Å². The van der Waals surface area contributed by atoms with Gasteiger partial charge in [0.25, 0.3) is 0 Å². The van der Waals surface area contributed by atoms with E-state index < -0.39 is 5.97 Å². The molecule has 2 aromatic heterocycles. The molecule has 1 N–H and O–H groups in total. The number of carboxylic acid groups (broad SMARTS) is 1. The highest BCUT2D eigenvalue weighted by Crippen LogP contribution is 2.02. The number of aromatic nitrogens is 4. The highest BCUT2D eigenvalue weighted by Gasteiger charge is 2.07. The van der Waals surface area contributed by atoms with Crippen molar-refractivity contribution < 1.29 is 9.90 Å². The number of carbonyl (C=O) groups is 1. The quantitative estimate of drug-likeness (QED) is 0.739. The lowest BCUT2D eigenvalue weighted by Crippen LogP contribution is -1.98. The summed E-state index contributed by atoms with van der Waals surface area (Å²) >= 11 is 0. The topological polar surface area (TPSA) is 80.9 Å². The molecule has 6 nitrogen and oxygen atoms in total. The molecule has 0 aliphatic rings. The lowest BCUT2D eigenvalue weighted by molar-refractivity contribution is 0.0697. The summed E-state index contributed by atoms with van der Waals surface area (Å²) < 4.78 is 1.36. The molecule has 0 spiro atoms. The Morgan fingerprint density at radius 2 is 2.21 bits per heavy atom. The number of rotatable bonds is 2. The SMILES string of the molecule is O=C(O)c1cnn(-c2cnccn2)c1. The molecule has 0 unspecified atom stereocenters. The summed E-state index contributed by atoms with van der Waals surface area (Å²) in [4.78, 5) is 18.4. The minimum absolute atomic E-state index is 0.121. The molecule has 14 heavy (non-hydrogen) atoms. The van der Waals surface area contributed by atoms with Crippen molar-refractivity contribution in [3.8, 4) is 5.82 Å². The Kier molecular flexibility index (Phi) is 1.94. The van der Waals surface area contributed by atoms with Crippen LogP contribution in [0.4, 0.5) is 0 Å². The molecule has 0 radical (unpaired) electrons. The molecule has 0 aliphatic heterocycles. The van der Waals surface area contributed by atoms with Crippen LogP contribution in [-0.4, -0.2) is 30.8 Å². The van der Waals surface area contributed by atoms with Crippen molar-refractivity contribution in [1.29, 1.82) is 0 Å². The lowest BCUT2D eigenvalue weighted by Gasteiger charge is -1.96. The van der Waals surface area contributed by atoms with Gasteiger partial charge in [-0.3, -0.25) is 4.98 Å². The van der Waals surface area contributed by atoms with Crippen molar-refractivity contribution in [3.63, 3.8) is 0 Å². The van der Waals surface area contributed by atoms with Gasteiger partial charge in [-0.05, 0) is 0 Å². The molecule has 70 valence electrons. The minimum atomic E-state index is -1.01. The number of nitrogens with zero attached hydrogens (tertiary/aromatic N) is 4. The zero-order valence-corrected chi connectivity index (χ0v) is 7.03. The molecule has 0 atom stereocenters. The Labute approximate surface area is 78.9 Å². The highest BCUT2D eigenvalue weighted by atomic mass is 16.4. The van der Waals surface area contributed by atoms with Gasteiger partial charge in [0.15, 0.2) is 5.82 Å². The number of aromatic carboxylic acids is 1. The maximum Gasteiger partial charge on any atom is 0.338 e. The maximum atomic E-state index is 10.6. The van der Waals surface area contributed by atoms with Gasteiger partial charge in [0.05, 0.1) is 18.0 Å². The molecule has 2 rings (SSSR count). The maximum absolute atomic E-state index is 10.6. The third-order valence-corrected chi connectivity index (χ3v) is 1.61. The van der Waals surface area contributed by atoms with Gasteiger partial charge in [-0.2, -0.15) is 5.10 Å². The average molecular weight is 190 g/mol. The van der Waals surface area contributed by atoms with Crippen LogP contribution in [0.2, 0.25) is 0 Å². The van der Waals surface area contributed by atoms with Crippen molar-refractivity contribution in [1.82, 2.24) is 19.7 Å². The fraction of sp³-hybridized carbons (Fsp3) is 0. The third kappa shape index (κ3) is 1.45. The smallest absolute Gasteiger partial charge is 0.338 e. The first-order valence-electron chi connectivity index (χ1n) is 3.82. The first-order chi connectivity index (χ1) is 6.77. The highest BCUT2D eigenvalue weighted by molar-refractivity contribution is 5.86. The Balaban J connectivity index is 2.39. The van der Waals surface area contributed by atoms with E-state index in [0.29, 0.717) is 5.82 Å². The molecule has 2 aromatic rings. The summed E-state index contributed by atoms with van der Waals surface area (Å²) in [5.74, 6) is -0.528. The van der Waals surface area contributed by atoms with Crippen LogP contribution in [0.25, 0.3) is 5.82 Å². The van der Waals surface area contributed by atoms with Crippen LogP contribution >= 0.6 is 0 Å². The van der Waals surface area contributed by atoms with Crippen LogP contribution in [0.1, 0.15) is 10.4 Å². The van der Waals surface area contributed by atoms with Crippen molar-refractivity contribution in [2.24, 2.45) is 0 Å². The normalized spacial score (nSPS) is 10.0. The molecule has 0 fully saturated rings. The summed E-state index contributed by atoms with van der Waals surface area (Å²) in [7, 11) is 0. The summed E-state index contributed by atoms with van der Waals surface area (Å²) in [5.41, 5.74) is 0.121. The molecule has 0 aromatic carbocycles. The van der Waals surface area contributed by atoms with Gasteiger partial charge >= 0.3 is 5.97 Å². The van der Waals surface area contributed by atoms with Gasteiger partial charge in [0, 0.05) is 18.6 Å². The van der Waals surface area contributed by atoms with E-state index in [9.17, 15) is 4.79 Å². The van der Waals surface area contributed by atoms with Gasteiger partial charge in [-0.25, -0.2) is 14.5 Å². The van der Waals surface area contributed by atoms with E-state index in [1.165, 1.54) is 35.7 Å². The van der Waals surface area contributed by atoms with Crippen LogP contribution in [0.3, 0.4) is 0 Å². The second-order valence-electron chi connectivity index (χ2n) is 2.54. The Bertz CT molecular complexity index is 451. The predicted octanol–water partition coefficient (Wildman–Crippen LogP) is 0.360. The van der Waals surface area contributed by atoms with Crippen LogP contribution in [0.15, 0.2) is 31.0 Å². The molecule has 6 heteroatoms. The second kappa shape index (κ2) is 3.25. The summed E-state index contributed by atoms with van der Waals surface area (Å²) in [5, 5.41) is 12.5. The van der Waals surface area contributed by atoms with E-state index in [0.717, 1.165) is 0 Å². The van der Waals surface area contributed by atoms with Crippen LogP contribution in [-0.2, 0) is 0 Å². The zero-order valence-electron chi connectivity index (χ0n) is 7.03. The number of carboxylic acids is 1. The number of hydrogen-bond donors (Lipinski definition) is 1. The van der Waals surface area contributed by atoms with Crippen molar-refractivity contribution >= 4 is 5.97 Å². The molecule has 0 amide bonds. The van der Waals surface area contributed by atoms with Crippen molar-refractivity contribution in [2.45, 2.75) is 0 Å². The van der Waals surface area contributed by atoms with Crippen LogP contribution < -0.4 is 0 Å². The van der Waals surface area contributed by atoms with E-state index in [-0.39, 0.29) is 5.56 Å². The Hall–Kier alpha value is -2.24. The molecule has 0 saturated carbocycles. The van der Waals surface area contributed by atoms with Gasteiger partial charge < -0.3 is 5.11 Å². The third-order valence-electron chi connectivity index (χ3n) is 1.61. The van der Waals surface area contributed by atoms with Gasteiger partial charge in [0.2, 0.25) is 0 Å². The van der Waals surface area contributed by atoms with Gasteiger partial charge in [-0.1, -0.05) is 0 Å². The zero-order chi connectivity index (χ0) is 9.97. The van der Waals surface area contributed by atoms with E-state index in [1.807, 2.05) is 0 Å². The summed E-state index contributed by atoms with van der Waals surface area (Å²) in [6.07, 6.45) is 7.19. The van der Waals surface area contributed by atoms with Crippen molar-refractivity contribution in [2.75, 3.05) is 0 Å². The molecule has 0 aliphatic carbocycles. The van der Waals surface area contributed by atoms with Crippen LogP contribution in [0.5, 0.6) is 0 Å². The van der Waals surface area contributed by atoms with Crippen molar-refractivity contribution in [3.05, 3.63) is 36.5 Å². The summed E-state index contributed by atoms with van der Waals surface area (Å²) in [6.45, 7) is 0. The van der Waals surface area contributed by atoms with Gasteiger partial charge in [-0.15, -0.1) is 0 Å². The molecule has 0 bridgehead atoms. The Morgan fingerprint density at radius 3 is 2.79 bits per heavy atom. The fourth-order valence-corrected chi connectivity index (χ4v) is 0.968. The van der Waals surface area contributed by atoms with Crippen LogP contribution in [0, 0.1) is 0 Å². The van der Waals surface area contributed by atoms with E-state index in [2.05, 4.69) is 15.1 Å². The average Bonchev–Trinajstić information content (AvgIpc) is 2.68. The summed E-state index contributed by atoms with van der Waals surface area (Å²) in [6, 6.07) is 0. The minimum Gasteiger partial charge on any atom is -0.478 e. The fourth-order valence-electron chi connectivity index (χ4n) is 0.968. The van der Waals surface area contributed by atoms with Gasteiger partial charge in [0.1, 0.15) is 0 Å². The molecular formula is C8H6N4O2. The van der Waals surface area contributed by atoms with E-state index in [4.69, 9.17) is 5.11 Å². The Morgan fingerprint density at radius 1 is 1.36 bits per heavy atom. The van der Waals surface area contributed by atoms with E-state index >= 15 is 0 Å². The molecule has 0 saturated heterocycles. The molecular weight excluding hydrogens is 184 g/mol. The first kappa shape index (κ1) is 8.36. The number of hydrogen-bond acceptors (Lipinski definition) is 4. The second-order valence-corrected chi connectivity index (χ2v) is 2.54. The largest absolute Gasteiger partial charge is 0.478 e.